The Morgan fingerprint density at radius 1 is 1.33 bits per heavy atom. The SMILES string of the molecule is CCOC(=O)c1cnn(C)c1Cn1cnc2ccccc21. The topological polar surface area (TPSA) is 61.9 Å². The third-order valence-electron chi connectivity index (χ3n) is 3.40. The first-order chi connectivity index (χ1) is 10.2. The molecule has 0 saturated carbocycles. The maximum atomic E-state index is 12.0. The normalized spacial score (nSPS) is 11.0. The Morgan fingerprint density at radius 3 is 2.95 bits per heavy atom. The van der Waals surface area contributed by atoms with Crippen molar-refractivity contribution in [2.45, 2.75) is 13.5 Å². The third kappa shape index (κ3) is 2.40. The van der Waals surface area contributed by atoms with Crippen LogP contribution in [0.1, 0.15) is 23.0 Å². The van der Waals surface area contributed by atoms with Crippen LogP contribution in [0.15, 0.2) is 36.8 Å². The molecule has 0 atom stereocenters. The molecule has 1 aromatic carbocycles. The summed E-state index contributed by atoms with van der Waals surface area (Å²) in [6.07, 6.45) is 3.32. The zero-order chi connectivity index (χ0) is 14.8. The largest absolute Gasteiger partial charge is 0.462 e. The molecule has 0 aliphatic carbocycles. The lowest BCUT2D eigenvalue weighted by Crippen LogP contribution is -2.12. The molecular weight excluding hydrogens is 268 g/mol. The van der Waals surface area contributed by atoms with Gasteiger partial charge in [-0.25, -0.2) is 9.78 Å². The van der Waals surface area contributed by atoms with Gasteiger partial charge in [0.15, 0.2) is 0 Å². The van der Waals surface area contributed by atoms with E-state index in [1.807, 2.05) is 35.9 Å². The Labute approximate surface area is 122 Å². The second kappa shape index (κ2) is 5.40. The summed E-state index contributed by atoms with van der Waals surface area (Å²) >= 11 is 0. The number of ether oxygens (including phenoxy) is 1. The molecule has 0 amide bonds. The van der Waals surface area contributed by atoms with E-state index < -0.39 is 0 Å². The van der Waals surface area contributed by atoms with Gasteiger partial charge in [0.2, 0.25) is 0 Å². The summed E-state index contributed by atoms with van der Waals surface area (Å²) in [6, 6.07) is 7.88. The van der Waals surface area contributed by atoms with Gasteiger partial charge < -0.3 is 9.30 Å². The zero-order valence-electron chi connectivity index (χ0n) is 12.0. The van der Waals surface area contributed by atoms with Gasteiger partial charge in [0.05, 0.1) is 42.4 Å². The number of aromatic nitrogens is 4. The number of benzene rings is 1. The Hall–Kier alpha value is -2.63. The van der Waals surface area contributed by atoms with E-state index in [9.17, 15) is 4.79 Å². The molecule has 0 radical (unpaired) electrons. The highest BCUT2D eigenvalue weighted by molar-refractivity contribution is 5.90. The fraction of sp³-hybridized carbons (Fsp3) is 0.267. The molecule has 0 spiro atoms. The lowest BCUT2D eigenvalue weighted by atomic mass is 10.2. The van der Waals surface area contributed by atoms with Crippen molar-refractivity contribution >= 4 is 17.0 Å². The van der Waals surface area contributed by atoms with E-state index in [0.29, 0.717) is 18.7 Å². The van der Waals surface area contributed by atoms with Crippen LogP contribution in [0.2, 0.25) is 0 Å². The highest BCUT2D eigenvalue weighted by Crippen LogP contribution is 2.16. The fourth-order valence-corrected chi connectivity index (χ4v) is 2.33. The van der Waals surface area contributed by atoms with Crippen molar-refractivity contribution in [2.24, 2.45) is 7.05 Å². The fourth-order valence-electron chi connectivity index (χ4n) is 2.33. The van der Waals surface area contributed by atoms with E-state index in [2.05, 4.69) is 10.1 Å². The summed E-state index contributed by atoms with van der Waals surface area (Å²) in [5, 5.41) is 4.16. The maximum absolute atomic E-state index is 12.0. The molecule has 0 aliphatic heterocycles. The molecule has 3 rings (SSSR count). The lowest BCUT2D eigenvalue weighted by Gasteiger charge is -2.08. The minimum Gasteiger partial charge on any atom is -0.462 e. The summed E-state index contributed by atoms with van der Waals surface area (Å²) in [5.41, 5.74) is 3.25. The van der Waals surface area contributed by atoms with Crippen molar-refractivity contribution in [3.63, 3.8) is 0 Å². The summed E-state index contributed by atoms with van der Waals surface area (Å²) in [5.74, 6) is -0.343. The minimum absolute atomic E-state index is 0.343. The van der Waals surface area contributed by atoms with E-state index in [-0.39, 0.29) is 5.97 Å². The van der Waals surface area contributed by atoms with Crippen LogP contribution >= 0.6 is 0 Å². The molecule has 0 saturated heterocycles. The molecule has 6 nitrogen and oxygen atoms in total. The second-order valence-corrected chi connectivity index (χ2v) is 4.71. The first-order valence-electron chi connectivity index (χ1n) is 6.78. The number of fused-ring (bicyclic) bond motifs is 1. The number of hydrogen-bond acceptors (Lipinski definition) is 4. The average molecular weight is 284 g/mol. The number of hydrogen-bond donors (Lipinski definition) is 0. The molecule has 21 heavy (non-hydrogen) atoms. The zero-order valence-corrected chi connectivity index (χ0v) is 12.0. The van der Waals surface area contributed by atoms with Crippen molar-refractivity contribution in [2.75, 3.05) is 6.61 Å². The standard InChI is InChI=1S/C15H16N4O2/c1-3-21-15(20)11-8-17-18(2)14(11)9-19-10-16-12-6-4-5-7-13(12)19/h4-8,10H,3,9H2,1-2H3. The molecule has 0 bridgehead atoms. The number of carbonyl (C=O) groups excluding carboxylic acids is 1. The van der Waals surface area contributed by atoms with Crippen molar-refractivity contribution in [1.29, 1.82) is 0 Å². The van der Waals surface area contributed by atoms with Crippen molar-refractivity contribution < 1.29 is 9.53 Å². The quantitative estimate of drug-likeness (QED) is 0.687. The Morgan fingerprint density at radius 2 is 2.14 bits per heavy atom. The molecular formula is C15H16N4O2. The van der Waals surface area contributed by atoms with Gasteiger partial charge in [-0.2, -0.15) is 5.10 Å². The molecule has 108 valence electrons. The average Bonchev–Trinajstić information content (AvgIpc) is 3.05. The van der Waals surface area contributed by atoms with Crippen LogP contribution in [-0.2, 0) is 18.3 Å². The highest BCUT2D eigenvalue weighted by atomic mass is 16.5. The van der Waals surface area contributed by atoms with Gasteiger partial charge in [-0.3, -0.25) is 4.68 Å². The number of carbonyl (C=O) groups is 1. The van der Waals surface area contributed by atoms with E-state index >= 15 is 0 Å². The number of imidazole rings is 1. The van der Waals surface area contributed by atoms with Crippen molar-refractivity contribution in [3.8, 4) is 0 Å². The molecule has 0 N–H and O–H groups in total. The van der Waals surface area contributed by atoms with Gasteiger partial charge in [0.25, 0.3) is 0 Å². The summed E-state index contributed by atoms with van der Waals surface area (Å²) in [4.78, 5) is 16.3. The first kappa shape index (κ1) is 13.4. The third-order valence-corrected chi connectivity index (χ3v) is 3.40. The summed E-state index contributed by atoms with van der Waals surface area (Å²) in [7, 11) is 1.82. The van der Waals surface area contributed by atoms with Crippen LogP contribution in [0.4, 0.5) is 0 Å². The molecule has 2 heterocycles. The number of rotatable bonds is 4. The van der Waals surface area contributed by atoms with Crippen LogP contribution < -0.4 is 0 Å². The molecule has 0 unspecified atom stereocenters. The first-order valence-corrected chi connectivity index (χ1v) is 6.78. The van der Waals surface area contributed by atoms with E-state index in [1.165, 1.54) is 0 Å². The highest BCUT2D eigenvalue weighted by Gasteiger charge is 2.18. The number of esters is 1. The van der Waals surface area contributed by atoms with Crippen molar-refractivity contribution in [1.82, 2.24) is 19.3 Å². The van der Waals surface area contributed by atoms with Gasteiger partial charge in [-0.15, -0.1) is 0 Å². The van der Waals surface area contributed by atoms with Crippen LogP contribution in [0.25, 0.3) is 11.0 Å². The Kier molecular flexibility index (Phi) is 3.43. The van der Waals surface area contributed by atoms with Crippen LogP contribution in [0, 0.1) is 0 Å². The number of aryl methyl sites for hydroxylation is 1. The predicted molar refractivity (Wildman–Crippen MR) is 78.0 cm³/mol. The molecule has 0 fully saturated rings. The predicted octanol–water partition coefficient (Wildman–Crippen LogP) is 1.99. The second-order valence-electron chi connectivity index (χ2n) is 4.71. The van der Waals surface area contributed by atoms with Gasteiger partial charge in [-0.05, 0) is 19.1 Å². The Bertz CT molecular complexity index is 788. The van der Waals surface area contributed by atoms with E-state index in [0.717, 1.165) is 16.7 Å². The molecule has 3 aromatic rings. The van der Waals surface area contributed by atoms with Crippen LogP contribution in [0.5, 0.6) is 0 Å². The van der Waals surface area contributed by atoms with Crippen molar-refractivity contribution in [3.05, 3.63) is 48.0 Å². The maximum Gasteiger partial charge on any atom is 0.341 e. The molecule has 6 heteroatoms. The van der Waals surface area contributed by atoms with Gasteiger partial charge in [0, 0.05) is 7.05 Å². The molecule has 0 aliphatic rings. The number of nitrogens with zero attached hydrogens (tertiary/aromatic N) is 4. The molecule has 2 aromatic heterocycles. The van der Waals surface area contributed by atoms with E-state index in [4.69, 9.17) is 4.74 Å². The smallest absolute Gasteiger partial charge is 0.341 e. The summed E-state index contributed by atoms with van der Waals surface area (Å²) < 4.78 is 8.76. The van der Waals surface area contributed by atoms with Gasteiger partial charge in [-0.1, -0.05) is 12.1 Å². The summed E-state index contributed by atoms with van der Waals surface area (Å²) in [6.45, 7) is 2.66. The van der Waals surface area contributed by atoms with Gasteiger partial charge >= 0.3 is 5.97 Å². The monoisotopic (exact) mass is 284 g/mol. The number of para-hydroxylation sites is 2. The Balaban J connectivity index is 1.98. The minimum atomic E-state index is -0.343. The lowest BCUT2D eigenvalue weighted by molar-refractivity contribution is 0.0525. The van der Waals surface area contributed by atoms with Crippen LogP contribution in [0.3, 0.4) is 0 Å². The van der Waals surface area contributed by atoms with Gasteiger partial charge in [0.1, 0.15) is 5.56 Å². The van der Waals surface area contributed by atoms with Crippen LogP contribution in [-0.4, -0.2) is 31.9 Å². The van der Waals surface area contributed by atoms with E-state index in [1.54, 1.807) is 24.1 Å².